The summed E-state index contributed by atoms with van der Waals surface area (Å²) in [5.41, 5.74) is 0.891. The standard InChI is InChI=1S/C23H28ClN3O6S/c1-4-25-23(29)16(2)26(14-17-7-5-6-8-19(17)24)22(28)15-27(34(3,30)31)18-9-10-20-21(13-18)33-12-11-32-20/h5-10,13,16H,4,11-12,14-15H2,1-3H3,(H,25,29). The van der Waals surface area contributed by atoms with Crippen molar-refractivity contribution in [1.29, 1.82) is 0 Å². The number of ether oxygens (including phenoxy) is 2. The molecule has 9 nitrogen and oxygen atoms in total. The molecule has 0 fully saturated rings. The molecule has 2 aromatic rings. The van der Waals surface area contributed by atoms with Gasteiger partial charge in [0.1, 0.15) is 25.8 Å². The molecule has 11 heteroatoms. The summed E-state index contributed by atoms with van der Waals surface area (Å²) >= 11 is 6.29. The average Bonchev–Trinajstić information content (AvgIpc) is 2.80. The van der Waals surface area contributed by atoms with Gasteiger partial charge in [0, 0.05) is 24.2 Å². The molecule has 1 heterocycles. The first-order valence-electron chi connectivity index (χ1n) is 10.8. The maximum Gasteiger partial charge on any atom is 0.244 e. The van der Waals surface area contributed by atoms with Gasteiger partial charge in [-0.05, 0) is 37.6 Å². The van der Waals surface area contributed by atoms with Crippen LogP contribution in [0.4, 0.5) is 5.69 Å². The summed E-state index contributed by atoms with van der Waals surface area (Å²) in [6.07, 6.45) is 1.02. The highest BCUT2D eigenvalue weighted by Gasteiger charge is 2.30. The maximum absolute atomic E-state index is 13.5. The van der Waals surface area contributed by atoms with Crippen molar-refractivity contribution in [2.24, 2.45) is 0 Å². The molecular weight excluding hydrogens is 482 g/mol. The summed E-state index contributed by atoms with van der Waals surface area (Å²) in [4.78, 5) is 27.4. The molecule has 34 heavy (non-hydrogen) atoms. The third-order valence-corrected chi connectivity index (χ3v) is 6.82. The van der Waals surface area contributed by atoms with Gasteiger partial charge in [-0.25, -0.2) is 8.42 Å². The number of rotatable bonds is 9. The Labute approximate surface area is 204 Å². The van der Waals surface area contributed by atoms with Gasteiger partial charge in [0.05, 0.1) is 11.9 Å². The van der Waals surface area contributed by atoms with Gasteiger partial charge in [-0.3, -0.25) is 13.9 Å². The zero-order valence-corrected chi connectivity index (χ0v) is 20.9. The van der Waals surface area contributed by atoms with Crippen LogP contribution in [-0.4, -0.2) is 63.7 Å². The first-order valence-corrected chi connectivity index (χ1v) is 13.0. The van der Waals surface area contributed by atoms with Crippen LogP contribution in [0.5, 0.6) is 11.5 Å². The molecule has 2 aromatic carbocycles. The zero-order valence-electron chi connectivity index (χ0n) is 19.3. The van der Waals surface area contributed by atoms with Crippen molar-refractivity contribution in [1.82, 2.24) is 10.2 Å². The van der Waals surface area contributed by atoms with Gasteiger partial charge in [0.2, 0.25) is 21.8 Å². The third kappa shape index (κ3) is 6.12. The van der Waals surface area contributed by atoms with E-state index in [1.165, 1.54) is 11.0 Å². The molecule has 1 atom stereocenters. The highest BCUT2D eigenvalue weighted by molar-refractivity contribution is 7.92. The fraction of sp³-hybridized carbons (Fsp3) is 0.391. The quantitative estimate of drug-likeness (QED) is 0.556. The number of sulfonamides is 1. The van der Waals surface area contributed by atoms with E-state index in [1.807, 2.05) is 0 Å². The van der Waals surface area contributed by atoms with E-state index in [2.05, 4.69) is 5.32 Å². The first kappa shape index (κ1) is 25.6. The Bertz CT molecular complexity index is 1160. The lowest BCUT2D eigenvalue weighted by Crippen LogP contribution is -2.51. The monoisotopic (exact) mass is 509 g/mol. The number of nitrogens with one attached hydrogen (secondary N) is 1. The van der Waals surface area contributed by atoms with E-state index in [9.17, 15) is 18.0 Å². The summed E-state index contributed by atoms with van der Waals surface area (Å²) in [5, 5.41) is 3.14. The SMILES string of the molecule is CCNC(=O)C(C)N(Cc1ccccc1Cl)C(=O)CN(c1ccc2c(c1)OCCO2)S(C)(=O)=O. The average molecular weight is 510 g/mol. The zero-order chi connectivity index (χ0) is 24.9. The third-order valence-electron chi connectivity index (χ3n) is 5.31. The number of anilines is 1. The fourth-order valence-electron chi connectivity index (χ4n) is 3.52. The molecule has 2 amide bonds. The normalized spacial score (nSPS) is 13.6. The van der Waals surface area contributed by atoms with Crippen molar-refractivity contribution in [3.8, 4) is 11.5 Å². The van der Waals surface area contributed by atoms with Crippen LogP contribution in [0.3, 0.4) is 0 Å². The van der Waals surface area contributed by atoms with Crippen molar-refractivity contribution in [2.75, 3.05) is 36.9 Å². The summed E-state index contributed by atoms with van der Waals surface area (Å²) in [5.74, 6) is -0.0134. The molecule has 0 saturated carbocycles. The van der Waals surface area contributed by atoms with E-state index in [0.717, 1.165) is 10.6 Å². The minimum Gasteiger partial charge on any atom is -0.486 e. The lowest BCUT2D eigenvalue weighted by molar-refractivity contribution is -0.139. The van der Waals surface area contributed by atoms with E-state index in [0.29, 0.717) is 41.8 Å². The summed E-state index contributed by atoms with van der Waals surface area (Å²) in [7, 11) is -3.85. The molecular formula is C23H28ClN3O6S. The van der Waals surface area contributed by atoms with Crippen LogP contribution in [0.1, 0.15) is 19.4 Å². The Morgan fingerprint density at radius 2 is 1.79 bits per heavy atom. The van der Waals surface area contributed by atoms with Crippen molar-refractivity contribution in [2.45, 2.75) is 26.4 Å². The molecule has 1 aliphatic heterocycles. The fourth-order valence-corrected chi connectivity index (χ4v) is 4.55. The Morgan fingerprint density at radius 1 is 1.12 bits per heavy atom. The second-order valence-electron chi connectivity index (χ2n) is 7.78. The van der Waals surface area contributed by atoms with Crippen molar-refractivity contribution in [3.63, 3.8) is 0 Å². The van der Waals surface area contributed by atoms with Crippen molar-refractivity contribution < 1.29 is 27.5 Å². The molecule has 0 radical (unpaired) electrons. The van der Waals surface area contributed by atoms with Crippen LogP contribution in [0, 0.1) is 0 Å². The number of likely N-dealkylation sites (N-methyl/N-ethyl adjacent to an activating group) is 1. The predicted molar refractivity (Wildman–Crippen MR) is 130 cm³/mol. The summed E-state index contributed by atoms with van der Waals surface area (Å²) in [6.45, 7) is 4.03. The maximum atomic E-state index is 13.5. The van der Waals surface area contributed by atoms with E-state index in [4.69, 9.17) is 21.1 Å². The number of carbonyl (C=O) groups is 2. The Balaban J connectivity index is 1.93. The number of hydrogen-bond acceptors (Lipinski definition) is 6. The van der Waals surface area contributed by atoms with Gasteiger partial charge in [-0.2, -0.15) is 0 Å². The van der Waals surface area contributed by atoms with E-state index in [-0.39, 0.29) is 18.1 Å². The summed E-state index contributed by atoms with van der Waals surface area (Å²) in [6, 6.07) is 10.8. The molecule has 0 aliphatic carbocycles. The topological polar surface area (TPSA) is 105 Å². The second-order valence-corrected chi connectivity index (χ2v) is 10.1. The minimum atomic E-state index is -3.85. The molecule has 1 aliphatic rings. The Morgan fingerprint density at radius 3 is 2.44 bits per heavy atom. The molecule has 3 rings (SSSR count). The predicted octanol–water partition coefficient (Wildman–Crippen LogP) is 2.43. The molecule has 184 valence electrons. The van der Waals surface area contributed by atoms with Crippen LogP contribution >= 0.6 is 11.6 Å². The Hall–Kier alpha value is -2.98. The first-order chi connectivity index (χ1) is 16.1. The molecule has 0 bridgehead atoms. The smallest absolute Gasteiger partial charge is 0.244 e. The van der Waals surface area contributed by atoms with Gasteiger partial charge in [-0.15, -0.1) is 0 Å². The number of fused-ring (bicyclic) bond motifs is 1. The van der Waals surface area contributed by atoms with Crippen LogP contribution in [-0.2, 0) is 26.2 Å². The second kappa shape index (κ2) is 11.0. The number of halogens is 1. The van der Waals surface area contributed by atoms with Gasteiger partial charge >= 0.3 is 0 Å². The number of benzene rings is 2. The number of nitrogens with zero attached hydrogens (tertiary/aromatic N) is 2. The largest absolute Gasteiger partial charge is 0.486 e. The van der Waals surface area contributed by atoms with Gasteiger partial charge in [-0.1, -0.05) is 29.8 Å². The highest BCUT2D eigenvalue weighted by Crippen LogP contribution is 2.34. The van der Waals surface area contributed by atoms with Crippen molar-refractivity contribution in [3.05, 3.63) is 53.1 Å². The van der Waals surface area contributed by atoms with E-state index in [1.54, 1.807) is 50.2 Å². The van der Waals surface area contributed by atoms with Gasteiger partial charge in [0.25, 0.3) is 0 Å². The van der Waals surface area contributed by atoms with Crippen LogP contribution < -0.4 is 19.1 Å². The number of carbonyl (C=O) groups excluding carboxylic acids is 2. The molecule has 1 unspecified atom stereocenters. The number of amides is 2. The molecule has 1 N–H and O–H groups in total. The highest BCUT2D eigenvalue weighted by atomic mass is 35.5. The van der Waals surface area contributed by atoms with Crippen LogP contribution in [0.15, 0.2) is 42.5 Å². The Kier molecular flexibility index (Phi) is 8.27. The lowest BCUT2D eigenvalue weighted by atomic mass is 10.1. The molecule has 0 spiro atoms. The van der Waals surface area contributed by atoms with E-state index >= 15 is 0 Å². The van der Waals surface area contributed by atoms with E-state index < -0.39 is 28.5 Å². The lowest BCUT2D eigenvalue weighted by Gasteiger charge is -2.32. The van der Waals surface area contributed by atoms with Crippen LogP contribution in [0.2, 0.25) is 5.02 Å². The molecule has 0 aromatic heterocycles. The molecule has 0 saturated heterocycles. The minimum absolute atomic E-state index is 0.0373. The van der Waals surface area contributed by atoms with Crippen molar-refractivity contribution >= 4 is 39.1 Å². The van der Waals surface area contributed by atoms with Crippen LogP contribution in [0.25, 0.3) is 0 Å². The summed E-state index contributed by atoms with van der Waals surface area (Å²) < 4.78 is 37.4. The van der Waals surface area contributed by atoms with Gasteiger partial charge in [0.15, 0.2) is 11.5 Å². The number of hydrogen-bond donors (Lipinski definition) is 1. The van der Waals surface area contributed by atoms with Gasteiger partial charge < -0.3 is 19.7 Å².